The van der Waals surface area contributed by atoms with E-state index in [-0.39, 0.29) is 0 Å². The van der Waals surface area contributed by atoms with Crippen molar-refractivity contribution in [1.82, 2.24) is 0 Å². The molecule has 2 nitrogen and oxygen atoms in total. The molecule has 22 heavy (non-hydrogen) atoms. The molecule has 2 aliphatic carbocycles. The van der Waals surface area contributed by atoms with Gasteiger partial charge in [-0.1, -0.05) is 48.5 Å². The van der Waals surface area contributed by atoms with Gasteiger partial charge in [0.05, 0.1) is 11.4 Å². The third-order valence-corrected chi connectivity index (χ3v) is 4.67. The molecule has 0 fully saturated rings. The monoisotopic (exact) mass is 288 g/mol. The molecule has 0 amide bonds. The molecule has 4 rings (SSSR count). The van der Waals surface area contributed by atoms with Crippen LogP contribution in [0.2, 0.25) is 0 Å². The van der Waals surface area contributed by atoms with E-state index in [2.05, 4.69) is 58.7 Å². The summed E-state index contributed by atoms with van der Waals surface area (Å²) in [6.45, 7) is 0. The first-order chi connectivity index (χ1) is 10.9. The third-order valence-electron chi connectivity index (χ3n) is 4.67. The topological polar surface area (TPSA) is 24.7 Å². The summed E-state index contributed by atoms with van der Waals surface area (Å²) < 4.78 is 0. The standard InChI is InChI=1S/C20H20N2/c1-3-11-17-15(7-1)9-5-13-19(17)21-22-20-14-6-10-16-8-2-4-12-18(16)20/h1-4,7-8,11-12H,5-6,9-10,13-14H2/b21-19-,22-20-. The lowest BCUT2D eigenvalue weighted by molar-refractivity contribution is 0.826. The van der Waals surface area contributed by atoms with Crippen LogP contribution in [0.3, 0.4) is 0 Å². The van der Waals surface area contributed by atoms with Crippen LogP contribution in [0.4, 0.5) is 0 Å². The molecular formula is C20H20N2. The second kappa shape index (κ2) is 5.88. The number of nitrogens with zero attached hydrogens (tertiary/aromatic N) is 2. The third kappa shape index (κ3) is 2.50. The van der Waals surface area contributed by atoms with E-state index in [9.17, 15) is 0 Å². The molecular weight excluding hydrogens is 268 g/mol. The first-order valence-electron chi connectivity index (χ1n) is 8.22. The highest BCUT2D eigenvalue weighted by molar-refractivity contribution is 6.05. The fraction of sp³-hybridized carbons (Fsp3) is 0.300. The maximum atomic E-state index is 4.65. The first-order valence-corrected chi connectivity index (χ1v) is 8.22. The van der Waals surface area contributed by atoms with Gasteiger partial charge in [-0.15, -0.1) is 0 Å². The number of aryl methyl sites for hydroxylation is 2. The van der Waals surface area contributed by atoms with Crippen molar-refractivity contribution < 1.29 is 0 Å². The zero-order valence-electron chi connectivity index (χ0n) is 12.8. The highest BCUT2D eigenvalue weighted by Crippen LogP contribution is 2.24. The number of hydrogen-bond acceptors (Lipinski definition) is 2. The quantitative estimate of drug-likeness (QED) is 0.688. The Kier molecular flexibility index (Phi) is 3.59. The van der Waals surface area contributed by atoms with Gasteiger partial charge in [0.15, 0.2) is 0 Å². The van der Waals surface area contributed by atoms with Crippen LogP contribution in [0.15, 0.2) is 58.7 Å². The predicted molar refractivity (Wildman–Crippen MR) is 91.8 cm³/mol. The van der Waals surface area contributed by atoms with E-state index in [1.165, 1.54) is 35.1 Å². The molecule has 110 valence electrons. The van der Waals surface area contributed by atoms with Crippen molar-refractivity contribution in [1.29, 1.82) is 0 Å². The molecule has 0 saturated carbocycles. The van der Waals surface area contributed by atoms with Gasteiger partial charge in [-0.2, -0.15) is 10.2 Å². The van der Waals surface area contributed by atoms with Crippen molar-refractivity contribution in [2.45, 2.75) is 38.5 Å². The largest absolute Gasteiger partial charge is 0.155 e. The van der Waals surface area contributed by atoms with Gasteiger partial charge in [-0.25, -0.2) is 0 Å². The molecule has 2 heteroatoms. The van der Waals surface area contributed by atoms with Crippen LogP contribution in [0.5, 0.6) is 0 Å². The molecule has 0 unspecified atom stereocenters. The summed E-state index contributed by atoms with van der Waals surface area (Å²) in [5.41, 5.74) is 7.72. The number of fused-ring (bicyclic) bond motifs is 2. The molecule has 0 atom stereocenters. The van der Waals surface area contributed by atoms with Crippen LogP contribution in [0.1, 0.15) is 47.9 Å². The maximum absolute atomic E-state index is 4.65. The van der Waals surface area contributed by atoms with E-state index >= 15 is 0 Å². The smallest absolute Gasteiger partial charge is 0.0705 e. The molecule has 0 spiro atoms. The van der Waals surface area contributed by atoms with Crippen LogP contribution in [-0.4, -0.2) is 11.4 Å². The second-order valence-corrected chi connectivity index (χ2v) is 6.11. The zero-order chi connectivity index (χ0) is 14.8. The minimum atomic E-state index is 1.04. The summed E-state index contributed by atoms with van der Waals surface area (Å²) in [5, 5.41) is 9.30. The Hall–Kier alpha value is -2.22. The van der Waals surface area contributed by atoms with Gasteiger partial charge >= 0.3 is 0 Å². The molecule has 0 saturated heterocycles. The van der Waals surface area contributed by atoms with Crippen molar-refractivity contribution in [3.8, 4) is 0 Å². The number of rotatable bonds is 1. The predicted octanol–water partition coefficient (Wildman–Crippen LogP) is 4.55. The lowest BCUT2D eigenvalue weighted by Crippen LogP contribution is -2.13. The van der Waals surface area contributed by atoms with E-state index in [0.717, 1.165) is 37.1 Å². The summed E-state index contributed by atoms with van der Waals surface area (Å²) >= 11 is 0. The van der Waals surface area contributed by atoms with Crippen LogP contribution in [-0.2, 0) is 12.8 Å². The molecule has 2 aliphatic rings. The van der Waals surface area contributed by atoms with Gasteiger partial charge in [-0.05, 0) is 49.7 Å². The zero-order valence-corrected chi connectivity index (χ0v) is 12.8. The Bertz CT molecular complexity index is 690. The molecule has 0 radical (unpaired) electrons. The van der Waals surface area contributed by atoms with E-state index in [1.54, 1.807) is 0 Å². The van der Waals surface area contributed by atoms with Gasteiger partial charge in [-0.3, -0.25) is 0 Å². The van der Waals surface area contributed by atoms with Crippen molar-refractivity contribution >= 4 is 11.4 Å². The lowest BCUT2D eigenvalue weighted by Gasteiger charge is -2.18. The SMILES string of the molecule is c1ccc2c(c1)CCC/C2=N/N=C1/CCCc2ccccc21. The summed E-state index contributed by atoms with van der Waals surface area (Å²) in [7, 11) is 0. The van der Waals surface area contributed by atoms with Gasteiger partial charge in [0.2, 0.25) is 0 Å². The van der Waals surface area contributed by atoms with Crippen LogP contribution in [0.25, 0.3) is 0 Å². The minimum Gasteiger partial charge on any atom is -0.155 e. The highest BCUT2D eigenvalue weighted by atomic mass is 15.2. The Morgan fingerprint density at radius 2 is 1.00 bits per heavy atom. The first kappa shape index (κ1) is 13.4. The molecule has 0 bridgehead atoms. The van der Waals surface area contributed by atoms with Crippen molar-refractivity contribution in [3.63, 3.8) is 0 Å². The molecule has 2 aromatic rings. The summed E-state index contributed by atoms with van der Waals surface area (Å²) in [6.07, 6.45) is 6.75. The number of benzene rings is 2. The minimum absolute atomic E-state index is 1.04. The Labute approximate surface area is 131 Å². The van der Waals surface area contributed by atoms with E-state index in [1.807, 2.05) is 0 Å². The van der Waals surface area contributed by atoms with Crippen LogP contribution in [0, 0.1) is 0 Å². The number of hydrogen-bond donors (Lipinski definition) is 0. The molecule has 0 aromatic heterocycles. The Morgan fingerprint density at radius 1 is 0.545 bits per heavy atom. The van der Waals surface area contributed by atoms with Gasteiger partial charge < -0.3 is 0 Å². The van der Waals surface area contributed by atoms with Crippen molar-refractivity contribution in [2.75, 3.05) is 0 Å². The maximum Gasteiger partial charge on any atom is 0.0705 e. The van der Waals surface area contributed by atoms with E-state index < -0.39 is 0 Å². The van der Waals surface area contributed by atoms with Crippen molar-refractivity contribution in [3.05, 3.63) is 70.8 Å². The molecule has 0 aliphatic heterocycles. The summed E-state index contributed by atoms with van der Waals surface area (Å²) in [6, 6.07) is 17.2. The molecule has 0 heterocycles. The van der Waals surface area contributed by atoms with Crippen LogP contribution >= 0.6 is 0 Å². The lowest BCUT2D eigenvalue weighted by atomic mass is 9.90. The van der Waals surface area contributed by atoms with E-state index in [4.69, 9.17) is 0 Å². The van der Waals surface area contributed by atoms with Gasteiger partial charge in [0.25, 0.3) is 0 Å². The molecule has 2 aromatic carbocycles. The molecule has 0 N–H and O–H groups in total. The van der Waals surface area contributed by atoms with Gasteiger partial charge in [0.1, 0.15) is 0 Å². The Balaban J connectivity index is 1.71. The average molecular weight is 288 g/mol. The van der Waals surface area contributed by atoms with Gasteiger partial charge in [0, 0.05) is 11.1 Å². The van der Waals surface area contributed by atoms with Crippen LogP contribution < -0.4 is 0 Å². The summed E-state index contributed by atoms with van der Waals surface area (Å²) in [5.74, 6) is 0. The summed E-state index contributed by atoms with van der Waals surface area (Å²) in [4.78, 5) is 0. The second-order valence-electron chi connectivity index (χ2n) is 6.11. The van der Waals surface area contributed by atoms with Crippen molar-refractivity contribution in [2.24, 2.45) is 10.2 Å². The fourth-order valence-electron chi connectivity index (χ4n) is 3.53. The highest BCUT2D eigenvalue weighted by Gasteiger charge is 2.17. The van der Waals surface area contributed by atoms with E-state index in [0.29, 0.717) is 0 Å². The fourth-order valence-corrected chi connectivity index (χ4v) is 3.53. The Morgan fingerprint density at radius 3 is 1.50 bits per heavy atom. The normalized spacial score (nSPS) is 20.7. The average Bonchev–Trinajstić information content (AvgIpc) is 2.60.